The number of ether oxygens (including phenoxy) is 2. The van der Waals surface area contributed by atoms with Crippen LogP contribution < -0.4 is 19.7 Å². The molecule has 3 aromatic carbocycles. The second-order valence-electron chi connectivity index (χ2n) is 7.52. The van der Waals surface area contributed by atoms with Gasteiger partial charge in [-0.1, -0.05) is 24.3 Å². The van der Waals surface area contributed by atoms with Gasteiger partial charge >= 0.3 is 6.03 Å². The van der Waals surface area contributed by atoms with Gasteiger partial charge in [0.25, 0.3) is 11.8 Å². The highest BCUT2D eigenvalue weighted by atomic mass is 16.5. The van der Waals surface area contributed by atoms with E-state index in [1.54, 1.807) is 24.3 Å². The van der Waals surface area contributed by atoms with Crippen LogP contribution in [0, 0.1) is 6.92 Å². The standard InChI is InChI=1S/C26H24N2O5/c1-4-32-19-11-9-17-10-12-23(33-5-2)21(20(17)14-19)15-22-24(29)27-26(31)28(25(22)30)18-8-6-7-16(3)13-18/h6-15H,4-5H2,1-3H3,(H,27,29,31)/b22-15+. The van der Waals surface area contributed by atoms with Gasteiger partial charge in [0.15, 0.2) is 0 Å². The second kappa shape index (κ2) is 9.16. The Balaban J connectivity index is 1.88. The fourth-order valence-electron chi connectivity index (χ4n) is 3.79. The molecule has 0 atom stereocenters. The number of anilines is 1. The lowest BCUT2D eigenvalue weighted by atomic mass is 9.99. The van der Waals surface area contributed by atoms with Crippen molar-refractivity contribution >= 4 is 40.4 Å². The van der Waals surface area contributed by atoms with E-state index in [0.29, 0.717) is 36.0 Å². The summed E-state index contributed by atoms with van der Waals surface area (Å²) in [4.78, 5) is 39.6. The number of hydrogen-bond donors (Lipinski definition) is 1. The van der Waals surface area contributed by atoms with Gasteiger partial charge in [-0.25, -0.2) is 9.69 Å². The monoisotopic (exact) mass is 444 g/mol. The van der Waals surface area contributed by atoms with Gasteiger partial charge in [-0.05, 0) is 73.5 Å². The van der Waals surface area contributed by atoms with Crippen molar-refractivity contribution in [1.82, 2.24) is 5.32 Å². The fraction of sp³-hybridized carbons (Fsp3) is 0.192. The molecule has 0 aliphatic carbocycles. The van der Waals surface area contributed by atoms with Gasteiger partial charge in [0.2, 0.25) is 0 Å². The summed E-state index contributed by atoms with van der Waals surface area (Å²) in [7, 11) is 0. The zero-order valence-electron chi connectivity index (χ0n) is 18.7. The molecule has 1 aliphatic heterocycles. The number of imide groups is 2. The average Bonchev–Trinajstić information content (AvgIpc) is 2.78. The molecule has 1 saturated heterocycles. The van der Waals surface area contributed by atoms with Crippen LogP contribution in [0.1, 0.15) is 25.0 Å². The Hall–Kier alpha value is -4.13. The summed E-state index contributed by atoms with van der Waals surface area (Å²) >= 11 is 0. The zero-order chi connectivity index (χ0) is 23.5. The average molecular weight is 444 g/mol. The summed E-state index contributed by atoms with van der Waals surface area (Å²) in [5.74, 6) is -0.274. The Morgan fingerprint density at radius 2 is 1.70 bits per heavy atom. The van der Waals surface area contributed by atoms with Gasteiger partial charge in [-0.2, -0.15) is 0 Å². The number of fused-ring (bicyclic) bond motifs is 1. The minimum absolute atomic E-state index is 0.161. The van der Waals surface area contributed by atoms with Crippen LogP contribution in [-0.4, -0.2) is 31.1 Å². The smallest absolute Gasteiger partial charge is 0.335 e. The maximum absolute atomic E-state index is 13.3. The molecule has 4 rings (SSSR count). The molecular formula is C26H24N2O5. The molecule has 7 heteroatoms. The molecule has 4 amide bonds. The van der Waals surface area contributed by atoms with Crippen LogP contribution in [-0.2, 0) is 9.59 Å². The maximum Gasteiger partial charge on any atom is 0.335 e. The van der Waals surface area contributed by atoms with Crippen LogP contribution in [0.4, 0.5) is 10.5 Å². The van der Waals surface area contributed by atoms with Gasteiger partial charge in [-0.15, -0.1) is 0 Å². The number of urea groups is 1. The van der Waals surface area contributed by atoms with Crippen LogP contribution in [0.3, 0.4) is 0 Å². The Kier molecular flexibility index (Phi) is 6.13. The molecule has 0 spiro atoms. The van der Waals surface area contributed by atoms with Crippen LogP contribution in [0.15, 0.2) is 60.2 Å². The van der Waals surface area contributed by atoms with Gasteiger partial charge in [0.05, 0.1) is 18.9 Å². The molecule has 0 radical (unpaired) electrons. The van der Waals surface area contributed by atoms with Crippen LogP contribution >= 0.6 is 0 Å². The summed E-state index contributed by atoms with van der Waals surface area (Å²) in [6.07, 6.45) is 1.48. The van der Waals surface area contributed by atoms with E-state index in [2.05, 4.69) is 5.32 Å². The summed E-state index contributed by atoms with van der Waals surface area (Å²) in [6, 6.07) is 15.5. The van der Waals surface area contributed by atoms with E-state index in [0.717, 1.165) is 21.2 Å². The summed E-state index contributed by atoms with van der Waals surface area (Å²) in [6.45, 7) is 6.51. The quantitative estimate of drug-likeness (QED) is 0.443. The van der Waals surface area contributed by atoms with E-state index in [4.69, 9.17) is 9.47 Å². The molecule has 0 unspecified atom stereocenters. The molecule has 3 aromatic rings. The molecule has 0 saturated carbocycles. The van der Waals surface area contributed by atoms with E-state index in [-0.39, 0.29) is 5.57 Å². The van der Waals surface area contributed by atoms with Gasteiger partial charge < -0.3 is 9.47 Å². The van der Waals surface area contributed by atoms with E-state index < -0.39 is 17.8 Å². The Labute approximate surface area is 191 Å². The predicted octanol–water partition coefficient (Wildman–Crippen LogP) is 4.61. The van der Waals surface area contributed by atoms with E-state index >= 15 is 0 Å². The molecule has 0 bridgehead atoms. The Morgan fingerprint density at radius 1 is 0.939 bits per heavy atom. The first-order valence-electron chi connectivity index (χ1n) is 10.7. The van der Waals surface area contributed by atoms with Crippen molar-refractivity contribution in [2.75, 3.05) is 18.1 Å². The van der Waals surface area contributed by atoms with Crippen LogP contribution in [0.25, 0.3) is 16.8 Å². The molecular weight excluding hydrogens is 420 g/mol. The lowest BCUT2D eigenvalue weighted by Gasteiger charge is -2.26. The fourth-order valence-corrected chi connectivity index (χ4v) is 3.79. The molecule has 1 aliphatic rings. The van der Waals surface area contributed by atoms with Crippen molar-refractivity contribution in [2.24, 2.45) is 0 Å². The second-order valence-corrected chi connectivity index (χ2v) is 7.52. The highest BCUT2D eigenvalue weighted by Gasteiger charge is 2.37. The van der Waals surface area contributed by atoms with Gasteiger partial charge in [0, 0.05) is 5.56 Å². The number of nitrogens with zero attached hydrogens (tertiary/aromatic N) is 1. The molecule has 1 fully saturated rings. The third-order valence-electron chi connectivity index (χ3n) is 5.26. The first kappa shape index (κ1) is 22.1. The van der Waals surface area contributed by atoms with Crippen molar-refractivity contribution in [2.45, 2.75) is 20.8 Å². The van der Waals surface area contributed by atoms with Crippen LogP contribution in [0.2, 0.25) is 0 Å². The number of amides is 4. The van der Waals surface area contributed by atoms with Crippen molar-refractivity contribution in [3.63, 3.8) is 0 Å². The Bertz CT molecular complexity index is 1290. The highest BCUT2D eigenvalue weighted by molar-refractivity contribution is 6.39. The number of benzene rings is 3. The number of rotatable bonds is 6. The number of carbonyl (C=O) groups excluding carboxylic acids is 3. The highest BCUT2D eigenvalue weighted by Crippen LogP contribution is 2.34. The van der Waals surface area contributed by atoms with Crippen molar-refractivity contribution in [3.05, 3.63) is 71.3 Å². The largest absolute Gasteiger partial charge is 0.494 e. The SMILES string of the molecule is CCOc1ccc2ccc(OCC)c(/C=C3\C(=O)NC(=O)N(c4cccc(C)c4)C3=O)c2c1. The van der Waals surface area contributed by atoms with E-state index in [1.807, 2.05) is 51.1 Å². The zero-order valence-corrected chi connectivity index (χ0v) is 18.7. The molecule has 1 heterocycles. The number of nitrogens with one attached hydrogen (secondary N) is 1. The molecule has 33 heavy (non-hydrogen) atoms. The summed E-state index contributed by atoms with van der Waals surface area (Å²) in [5.41, 5.74) is 1.67. The minimum atomic E-state index is -0.783. The predicted molar refractivity (Wildman–Crippen MR) is 126 cm³/mol. The van der Waals surface area contributed by atoms with Crippen molar-refractivity contribution in [1.29, 1.82) is 0 Å². The lowest BCUT2D eigenvalue weighted by molar-refractivity contribution is -0.122. The maximum atomic E-state index is 13.3. The first-order valence-corrected chi connectivity index (χ1v) is 10.7. The molecule has 168 valence electrons. The third-order valence-corrected chi connectivity index (χ3v) is 5.26. The number of hydrogen-bond acceptors (Lipinski definition) is 5. The van der Waals surface area contributed by atoms with Crippen molar-refractivity contribution < 1.29 is 23.9 Å². The lowest BCUT2D eigenvalue weighted by Crippen LogP contribution is -2.54. The topological polar surface area (TPSA) is 84.9 Å². The number of barbiturate groups is 1. The number of carbonyl (C=O) groups is 3. The van der Waals surface area contributed by atoms with E-state index in [1.165, 1.54) is 6.08 Å². The third kappa shape index (κ3) is 4.30. The molecule has 0 aromatic heterocycles. The van der Waals surface area contributed by atoms with Gasteiger partial charge in [-0.3, -0.25) is 14.9 Å². The van der Waals surface area contributed by atoms with Gasteiger partial charge in [0.1, 0.15) is 17.1 Å². The number of aryl methyl sites for hydroxylation is 1. The summed E-state index contributed by atoms with van der Waals surface area (Å²) in [5, 5.41) is 3.93. The normalized spacial score (nSPS) is 15.2. The van der Waals surface area contributed by atoms with E-state index in [9.17, 15) is 14.4 Å². The van der Waals surface area contributed by atoms with Crippen LogP contribution in [0.5, 0.6) is 11.5 Å². The van der Waals surface area contributed by atoms with Crippen molar-refractivity contribution in [3.8, 4) is 11.5 Å². The molecule has 7 nitrogen and oxygen atoms in total. The summed E-state index contributed by atoms with van der Waals surface area (Å²) < 4.78 is 11.4. The first-order chi connectivity index (χ1) is 15.9. The molecule has 1 N–H and O–H groups in total. The minimum Gasteiger partial charge on any atom is -0.494 e. The Morgan fingerprint density at radius 3 is 2.42 bits per heavy atom.